The molecule has 2 N–H and O–H groups in total. The molecule has 1 saturated carbocycles. The Bertz CT molecular complexity index is 516. The van der Waals surface area contributed by atoms with Crippen LogP contribution < -0.4 is 5.32 Å². The second kappa shape index (κ2) is 6.75. The number of β-amino-alcohol motifs (C(OH)–C–C–N with tert-alkyl or cyclic N) is 1. The smallest absolute Gasteiger partial charge is 0.234 e. The van der Waals surface area contributed by atoms with Crippen molar-refractivity contribution in [2.45, 2.75) is 37.8 Å². The predicted octanol–water partition coefficient (Wildman–Crippen LogP) is 1.85. The number of rotatable bonds is 5. The molecule has 1 aromatic rings. The molecular formula is C17H23FN2O2. The van der Waals surface area contributed by atoms with Gasteiger partial charge >= 0.3 is 0 Å². The van der Waals surface area contributed by atoms with E-state index in [0.29, 0.717) is 18.9 Å². The van der Waals surface area contributed by atoms with Crippen molar-refractivity contribution in [1.29, 1.82) is 0 Å². The monoisotopic (exact) mass is 306 g/mol. The maximum Gasteiger partial charge on any atom is 0.234 e. The Morgan fingerprint density at radius 3 is 2.68 bits per heavy atom. The fraction of sp³-hybridized carbons (Fsp3) is 0.588. The van der Waals surface area contributed by atoms with E-state index < -0.39 is 6.10 Å². The third-order valence-electron chi connectivity index (χ3n) is 4.80. The summed E-state index contributed by atoms with van der Waals surface area (Å²) in [7, 11) is 0. The lowest BCUT2D eigenvalue weighted by Gasteiger charge is -2.27. The molecule has 0 unspecified atom stereocenters. The van der Waals surface area contributed by atoms with E-state index in [0.717, 1.165) is 12.1 Å². The van der Waals surface area contributed by atoms with Gasteiger partial charge in [-0.05, 0) is 42.9 Å². The van der Waals surface area contributed by atoms with Crippen LogP contribution in [0.1, 0.15) is 37.3 Å². The van der Waals surface area contributed by atoms with Crippen LogP contribution in [-0.2, 0) is 4.79 Å². The maximum atomic E-state index is 13.0. The van der Waals surface area contributed by atoms with E-state index in [1.165, 1.54) is 31.4 Å². The average Bonchev–Trinajstić information content (AvgIpc) is 2.78. The summed E-state index contributed by atoms with van der Waals surface area (Å²) in [5.41, 5.74) is 0.949. The van der Waals surface area contributed by atoms with Crippen LogP contribution in [0.25, 0.3) is 0 Å². The Kier molecular flexibility index (Phi) is 4.74. The molecule has 3 rings (SSSR count). The molecule has 2 fully saturated rings. The summed E-state index contributed by atoms with van der Waals surface area (Å²) in [6, 6.07) is 6.29. The van der Waals surface area contributed by atoms with Gasteiger partial charge in [-0.2, -0.15) is 0 Å². The first-order valence-corrected chi connectivity index (χ1v) is 8.06. The number of hydrogen-bond acceptors (Lipinski definition) is 3. The molecule has 1 aliphatic carbocycles. The molecule has 1 aliphatic heterocycles. The molecule has 0 spiro atoms. The van der Waals surface area contributed by atoms with E-state index >= 15 is 0 Å². The zero-order chi connectivity index (χ0) is 15.5. The fourth-order valence-corrected chi connectivity index (χ4v) is 3.28. The highest BCUT2D eigenvalue weighted by Gasteiger charge is 2.33. The third-order valence-corrected chi connectivity index (χ3v) is 4.80. The van der Waals surface area contributed by atoms with Crippen LogP contribution in [0.2, 0.25) is 0 Å². The van der Waals surface area contributed by atoms with Gasteiger partial charge in [0.25, 0.3) is 0 Å². The SMILES string of the molecule is O=C(CN1C[C@@H](O)C[C@H]1c1ccc(F)cc1)NCC1CCC1. The van der Waals surface area contributed by atoms with Gasteiger partial charge in [0.1, 0.15) is 5.82 Å². The lowest BCUT2D eigenvalue weighted by Crippen LogP contribution is -2.40. The van der Waals surface area contributed by atoms with Crippen molar-refractivity contribution in [1.82, 2.24) is 10.2 Å². The topological polar surface area (TPSA) is 52.6 Å². The van der Waals surface area contributed by atoms with Crippen molar-refractivity contribution in [3.05, 3.63) is 35.6 Å². The second-order valence-corrected chi connectivity index (χ2v) is 6.49. The molecule has 0 radical (unpaired) electrons. The van der Waals surface area contributed by atoms with E-state index in [4.69, 9.17) is 0 Å². The zero-order valence-electron chi connectivity index (χ0n) is 12.7. The Hall–Kier alpha value is -1.46. The summed E-state index contributed by atoms with van der Waals surface area (Å²) in [6.45, 7) is 1.53. The Morgan fingerprint density at radius 2 is 2.05 bits per heavy atom. The summed E-state index contributed by atoms with van der Waals surface area (Å²) in [5, 5.41) is 12.9. The number of aliphatic hydroxyl groups is 1. The van der Waals surface area contributed by atoms with E-state index in [1.54, 1.807) is 12.1 Å². The van der Waals surface area contributed by atoms with Gasteiger partial charge in [0, 0.05) is 19.1 Å². The first-order chi connectivity index (χ1) is 10.6. The average molecular weight is 306 g/mol. The van der Waals surface area contributed by atoms with Gasteiger partial charge in [-0.15, -0.1) is 0 Å². The lowest BCUT2D eigenvalue weighted by atomic mass is 9.85. The van der Waals surface area contributed by atoms with Crippen molar-refractivity contribution >= 4 is 5.91 Å². The fourth-order valence-electron chi connectivity index (χ4n) is 3.28. The number of amides is 1. The number of benzene rings is 1. The van der Waals surface area contributed by atoms with E-state index in [9.17, 15) is 14.3 Å². The molecule has 1 saturated heterocycles. The number of aliphatic hydroxyl groups excluding tert-OH is 1. The van der Waals surface area contributed by atoms with Crippen LogP contribution in [0.3, 0.4) is 0 Å². The van der Waals surface area contributed by atoms with E-state index in [2.05, 4.69) is 5.32 Å². The Morgan fingerprint density at radius 1 is 1.32 bits per heavy atom. The van der Waals surface area contributed by atoms with Crippen molar-refractivity contribution in [3.63, 3.8) is 0 Å². The van der Waals surface area contributed by atoms with Crippen molar-refractivity contribution < 1.29 is 14.3 Å². The Balaban J connectivity index is 1.57. The van der Waals surface area contributed by atoms with E-state index in [-0.39, 0.29) is 24.3 Å². The lowest BCUT2D eigenvalue weighted by molar-refractivity contribution is -0.122. The first-order valence-electron chi connectivity index (χ1n) is 8.06. The highest BCUT2D eigenvalue weighted by atomic mass is 19.1. The maximum absolute atomic E-state index is 13.0. The van der Waals surface area contributed by atoms with Gasteiger partial charge in [0.2, 0.25) is 5.91 Å². The Labute approximate surface area is 130 Å². The summed E-state index contributed by atoms with van der Waals surface area (Å²) < 4.78 is 13.0. The molecular weight excluding hydrogens is 283 g/mol. The highest BCUT2D eigenvalue weighted by molar-refractivity contribution is 5.78. The van der Waals surface area contributed by atoms with Crippen LogP contribution in [0.5, 0.6) is 0 Å². The number of likely N-dealkylation sites (tertiary alicyclic amines) is 1. The van der Waals surface area contributed by atoms with Crippen LogP contribution in [-0.4, -0.2) is 41.7 Å². The van der Waals surface area contributed by atoms with Gasteiger partial charge in [0.05, 0.1) is 12.6 Å². The molecule has 2 aliphatic rings. The minimum absolute atomic E-state index is 0.00751. The predicted molar refractivity (Wildman–Crippen MR) is 81.7 cm³/mol. The summed E-state index contributed by atoms with van der Waals surface area (Å²) >= 11 is 0. The van der Waals surface area contributed by atoms with Gasteiger partial charge in [-0.1, -0.05) is 18.6 Å². The molecule has 0 aromatic heterocycles. The number of nitrogens with one attached hydrogen (secondary N) is 1. The highest BCUT2D eigenvalue weighted by Crippen LogP contribution is 2.32. The second-order valence-electron chi connectivity index (χ2n) is 6.49. The van der Waals surface area contributed by atoms with Gasteiger partial charge < -0.3 is 10.4 Å². The molecule has 120 valence electrons. The largest absolute Gasteiger partial charge is 0.392 e. The molecule has 0 bridgehead atoms. The summed E-state index contributed by atoms with van der Waals surface area (Å²) in [4.78, 5) is 14.1. The van der Waals surface area contributed by atoms with Crippen molar-refractivity contribution in [2.24, 2.45) is 5.92 Å². The number of halogens is 1. The third kappa shape index (κ3) is 3.65. The van der Waals surface area contributed by atoms with Gasteiger partial charge in [0.15, 0.2) is 0 Å². The van der Waals surface area contributed by atoms with Crippen molar-refractivity contribution in [2.75, 3.05) is 19.6 Å². The molecule has 1 aromatic carbocycles. The van der Waals surface area contributed by atoms with Crippen LogP contribution >= 0.6 is 0 Å². The minimum Gasteiger partial charge on any atom is -0.392 e. The molecule has 22 heavy (non-hydrogen) atoms. The summed E-state index contributed by atoms with van der Waals surface area (Å²) in [5.74, 6) is 0.376. The molecule has 5 heteroatoms. The van der Waals surface area contributed by atoms with Crippen LogP contribution in [0.15, 0.2) is 24.3 Å². The van der Waals surface area contributed by atoms with Gasteiger partial charge in [-0.25, -0.2) is 4.39 Å². The molecule has 4 nitrogen and oxygen atoms in total. The summed E-state index contributed by atoms with van der Waals surface area (Å²) in [6.07, 6.45) is 3.84. The minimum atomic E-state index is -0.436. The number of hydrogen-bond donors (Lipinski definition) is 2. The van der Waals surface area contributed by atoms with Crippen LogP contribution in [0, 0.1) is 11.7 Å². The van der Waals surface area contributed by atoms with Crippen molar-refractivity contribution in [3.8, 4) is 0 Å². The van der Waals surface area contributed by atoms with Crippen LogP contribution in [0.4, 0.5) is 4.39 Å². The first kappa shape index (κ1) is 15.4. The number of nitrogens with zero attached hydrogens (tertiary/aromatic N) is 1. The quantitative estimate of drug-likeness (QED) is 0.873. The molecule has 2 atom stereocenters. The zero-order valence-corrected chi connectivity index (χ0v) is 12.7. The normalized spacial score (nSPS) is 25.9. The van der Waals surface area contributed by atoms with E-state index in [1.807, 2.05) is 4.90 Å². The molecule has 1 heterocycles. The number of carbonyl (C=O) groups is 1. The van der Waals surface area contributed by atoms with Gasteiger partial charge in [-0.3, -0.25) is 9.69 Å². The standard InChI is InChI=1S/C17H23FN2O2/c18-14-6-4-13(5-7-14)16-8-15(21)10-20(16)11-17(22)19-9-12-2-1-3-12/h4-7,12,15-16,21H,1-3,8-11H2,(H,19,22)/t15-,16-/m0/s1. The number of carbonyl (C=O) groups excluding carboxylic acids is 1. The molecule has 1 amide bonds.